The number of nitrogens with one attached hydrogen (secondary N) is 2. The number of nitrogens with zero attached hydrogens (tertiary/aromatic N) is 3. The van der Waals surface area contributed by atoms with E-state index < -0.39 is 0 Å². The maximum absolute atomic E-state index is 4.21. The molecule has 2 N–H and O–H groups in total. The molecule has 0 spiro atoms. The number of pyridine rings is 1. The minimum atomic E-state index is 0.617. The first kappa shape index (κ1) is 16.1. The van der Waals surface area contributed by atoms with Gasteiger partial charge in [-0.05, 0) is 44.0 Å². The van der Waals surface area contributed by atoms with E-state index in [2.05, 4.69) is 45.3 Å². The standard InChI is InChI=1S/C18H27N5/c1-14(2)17(23-8-3-4-9-23)13-20-11-16-12-21-22-18(16)15-6-5-7-19-10-15/h5-7,10,12,14,17,20H,3-4,8-9,11,13H2,1-2H3,(H,21,22). The van der Waals surface area contributed by atoms with E-state index in [1.807, 2.05) is 18.5 Å². The molecule has 0 bridgehead atoms. The van der Waals surface area contributed by atoms with Crippen LogP contribution in [-0.2, 0) is 6.54 Å². The van der Waals surface area contributed by atoms with Crippen LogP contribution in [0.15, 0.2) is 30.7 Å². The summed E-state index contributed by atoms with van der Waals surface area (Å²) in [6.45, 7) is 8.99. The summed E-state index contributed by atoms with van der Waals surface area (Å²) in [5.74, 6) is 0.669. The second kappa shape index (κ2) is 7.70. The molecule has 0 aromatic carbocycles. The van der Waals surface area contributed by atoms with Gasteiger partial charge in [0.05, 0.1) is 11.9 Å². The molecule has 124 valence electrons. The Labute approximate surface area is 138 Å². The molecule has 1 atom stereocenters. The lowest BCUT2D eigenvalue weighted by Crippen LogP contribution is -2.44. The molecule has 0 amide bonds. The van der Waals surface area contributed by atoms with Crippen molar-refractivity contribution >= 4 is 0 Å². The lowest BCUT2D eigenvalue weighted by molar-refractivity contribution is 0.186. The van der Waals surface area contributed by atoms with Crippen LogP contribution < -0.4 is 5.32 Å². The van der Waals surface area contributed by atoms with E-state index in [4.69, 9.17) is 0 Å². The summed E-state index contributed by atoms with van der Waals surface area (Å²) < 4.78 is 0. The summed E-state index contributed by atoms with van der Waals surface area (Å²) in [6, 6.07) is 4.63. The molecule has 0 saturated carbocycles. The molecule has 23 heavy (non-hydrogen) atoms. The SMILES string of the molecule is CC(C)C(CNCc1cn[nH]c1-c1cccnc1)N1CCCC1. The van der Waals surface area contributed by atoms with E-state index >= 15 is 0 Å². The number of H-pyrrole nitrogens is 1. The van der Waals surface area contributed by atoms with E-state index in [1.165, 1.54) is 31.5 Å². The molecule has 3 heterocycles. The molecular weight excluding hydrogens is 286 g/mol. The topological polar surface area (TPSA) is 56.8 Å². The second-order valence-electron chi connectivity index (χ2n) is 6.70. The third kappa shape index (κ3) is 3.98. The maximum atomic E-state index is 4.21. The third-order valence-corrected chi connectivity index (χ3v) is 4.72. The molecule has 2 aromatic heterocycles. The van der Waals surface area contributed by atoms with Gasteiger partial charge in [-0.15, -0.1) is 0 Å². The predicted molar refractivity (Wildman–Crippen MR) is 93.0 cm³/mol. The Morgan fingerprint density at radius 3 is 2.78 bits per heavy atom. The molecule has 1 fully saturated rings. The van der Waals surface area contributed by atoms with Crippen molar-refractivity contribution in [2.75, 3.05) is 19.6 Å². The fourth-order valence-electron chi connectivity index (χ4n) is 3.42. The quantitative estimate of drug-likeness (QED) is 0.825. The van der Waals surface area contributed by atoms with Gasteiger partial charge in [-0.25, -0.2) is 0 Å². The van der Waals surface area contributed by atoms with Crippen LogP contribution in [0.1, 0.15) is 32.3 Å². The molecule has 1 aliphatic rings. The van der Waals surface area contributed by atoms with Crippen LogP contribution in [-0.4, -0.2) is 45.8 Å². The van der Waals surface area contributed by atoms with E-state index in [0.29, 0.717) is 12.0 Å². The van der Waals surface area contributed by atoms with Crippen molar-refractivity contribution in [1.82, 2.24) is 25.4 Å². The van der Waals surface area contributed by atoms with Crippen LogP contribution in [0.5, 0.6) is 0 Å². The van der Waals surface area contributed by atoms with Crippen molar-refractivity contribution in [2.45, 2.75) is 39.3 Å². The first-order valence-corrected chi connectivity index (χ1v) is 8.63. The minimum Gasteiger partial charge on any atom is -0.311 e. The highest BCUT2D eigenvalue weighted by Gasteiger charge is 2.24. The Balaban J connectivity index is 1.59. The van der Waals surface area contributed by atoms with Gasteiger partial charge in [0.1, 0.15) is 0 Å². The Bertz CT molecular complexity index is 586. The fourth-order valence-corrected chi connectivity index (χ4v) is 3.42. The van der Waals surface area contributed by atoms with Crippen LogP contribution in [0.25, 0.3) is 11.3 Å². The maximum Gasteiger partial charge on any atom is 0.0710 e. The fraction of sp³-hybridized carbons (Fsp3) is 0.556. The van der Waals surface area contributed by atoms with Crippen molar-refractivity contribution in [2.24, 2.45) is 5.92 Å². The van der Waals surface area contributed by atoms with Gasteiger partial charge in [-0.3, -0.25) is 15.0 Å². The van der Waals surface area contributed by atoms with Gasteiger partial charge >= 0.3 is 0 Å². The summed E-state index contributed by atoms with van der Waals surface area (Å²) in [7, 11) is 0. The van der Waals surface area contributed by atoms with Crippen molar-refractivity contribution in [3.63, 3.8) is 0 Å². The zero-order valence-corrected chi connectivity index (χ0v) is 14.1. The molecule has 1 unspecified atom stereocenters. The molecule has 1 aliphatic heterocycles. The Morgan fingerprint density at radius 1 is 1.26 bits per heavy atom. The Hall–Kier alpha value is -1.72. The van der Waals surface area contributed by atoms with Crippen molar-refractivity contribution in [3.05, 3.63) is 36.3 Å². The monoisotopic (exact) mass is 313 g/mol. The van der Waals surface area contributed by atoms with Crippen LogP contribution in [0.4, 0.5) is 0 Å². The van der Waals surface area contributed by atoms with E-state index in [1.54, 1.807) is 6.20 Å². The largest absolute Gasteiger partial charge is 0.311 e. The number of likely N-dealkylation sites (tertiary alicyclic amines) is 1. The zero-order chi connectivity index (χ0) is 16.1. The molecule has 2 aromatic rings. The number of hydrogen-bond donors (Lipinski definition) is 2. The van der Waals surface area contributed by atoms with Crippen LogP contribution in [0, 0.1) is 5.92 Å². The number of hydrogen-bond acceptors (Lipinski definition) is 4. The van der Waals surface area contributed by atoms with Gasteiger partial charge in [0, 0.05) is 42.7 Å². The number of aromatic amines is 1. The molecule has 1 saturated heterocycles. The Kier molecular flexibility index (Phi) is 5.41. The minimum absolute atomic E-state index is 0.617. The third-order valence-electron chi connectivity index (χ3n) is 4.72. The van der Waals surface area contributed by atoms with Gasteiger partial charge < -0.3 is 5.32 Å². The molecule has 5 nitrogen and oxygen atoms in total. The molecule has 3 rings (SSSR count). The van der Waals surface area contributed by atoms with Crippen LogP contribution in [0.3, 0.4) is 0 Å². The summed E-state index contributed by atoms with van der Waals surface area (Å²) in [4.78, 5) is 6.82. The summed E-state index contributed by atoms with van der Waals surface area (Å²) in [6.07, 6.45) is 8.26. The van der Waals surface area contributed by atoms with Gasteiger partial charge in [-0.2, -0.15) is 5.10 Å². The lowest BCUT2D eigenvalue weighted by atomic mass is 10.0. The number of aromatic nitrogens is 3. The predicted octanol–water partition coefficient (Wildman–Crippen LogP) is 2.68. The molecule has 5 heteroatoms. The first-order valence-electron chi connectivity index (χ1n) is 8.63. The van der Waals surface area contributed by atoms with E-state index in [-0.39, 0.29) is 0 Å². The normalized spacial score (nSPS) is 17.0. The summed E-state index contributed by atoms with van der Waals surface area (Å²) in [5, 5.41) is 10.9. The Morgan fingerprint density at radius 2 is 2.09 bits per heavy atom. The van der Waals surface area contributed by atoms with Crippen molar-refractivity contribution in [1.29, 1.82) is 0 Å². The van der Waals surface area contributed by atoms with E-state index in [9.17, 15) is 0 Å². The molecular formula is C18H27N5. The van der Waals surface area contributed by atoms with Gasteiger partial charge in [0.15, 0.2) is 0 Å². The zero-order valence-electron chi connectivity index (χ0n) is 14.1. The molecule has 0 radical (unpaired) electrons. The smallest absolute Gasteiger partial charge is 0.0710 e. The highest BCUT2D eigenvalue weighted by atomic mass is 15.2. The lowest BCUT2D eigenvalue weighted by Gasteiger charge is -2.31. The average Bonchev–Trinajstić information content (AvgIpc) is 3.23. The average molecular weight is 313 g/mol. The van der Waals surface area contributed by atoms with Gasteiger partial charge in [0.25, 0.3) is 0 Å². The van der Waals surface area contributed by atoms with Crippen LogP contribution in [0.2, 0.25) is 0 Å². The second-order valence-corrected chi connectivity index (χ2v) is 6.70. The van der Waals surface area contributed by atoms with Crippen molar-refractivity contribution < 1.29 is 0 Å². The first-order chi connectivity index (χ1) is 11.3. The summed E-state index contributed by atoms with van der Waals surface area (Å²) in [5.41, 5.74) is 3.34. The van der Waals surface area contributed by atoms with Crippen LogP contribution >= 0.6 is 0 Å². The highest BCUT2D eigenvalue weighted by Crippen LogP contribution is 2.20. The molecule has 0 aliphatic carbocycles. The number of rotatable bonds is 7. The summed E-state index contributed by atoms with van der Waals surface area (Å²) >= 11 is 0. The van der Waals surface area contributed by atoms with Crippen molar-refractivity contribution in [3.8, 4) is 11.3 Å². The van der Waals surface area contributed by atoms with Gasteiger partial charge in [-0.1, -0.05) is 13.8 Å². The van der Waals surface area contributed by atoms with Gasteiger partial charge in [0.2, 0.25) is 0 Å². The van der Waals surface area contributed by atoms with E-state index in [0.717, 1.165) is 24.3 Å². The highest BCUT2D eigenvalue weighted by molar-refractivity contribution is 5.61.